The van der Waals surface area contributed by atoms with E-state index in [4.69, 9.17) is 14.5 Å². The molecule has 47 heavy (non-hydrogen) atoms. The van der Waals surface area contributed by atoms with Crippen LogP contribution in [0.3, 0.4) is 0 Å². The number of benzene rings is 3. The standard InChI is InChI=1S/C37H35N5O5/c1-37(2)30(20-24-11-7-8-12-28(24)33(37)44)42-34-25(19-29(35(42)45)32(43)23-9-5-4-6-10-23)21-38-36(40-34)39-26-13-15-27(16-14-26)47-31-22-46-18-17-41(31)3/h4-16,19,21,30-31H,17-18,20,22H2,1-3H3,(H,38,39,40). The maximum absolute atomic E-state index is 14.4. The van der Waals surface area contributed by atoms with Gasteiger partial charge in [-0.1, -0.05) is 68.4 Å². The minimum Gasteiger partial charge on any atom is -0.473 e. The van der Waals surface area contributed by atoms with Crippen molar-refractivity contribution in [1.29, 1.82) is 0 Å². The number of Topliss-reactive ketones (excluding diaryl/α,β-unsaturated/α-hetero) is 1. The van der Waals surface area contributed by atoms with Gasteiger partial charge in [0.1, 0.15) is 11.4 Å². The van der Waals surface area contributed by atoms with Crippen LogP contribution in [0.15, 0.2) is 95.9 Å². The Kier molecular flexibility index (Phi) is 7.91. The van der Waals surface area contributed by atoms with Crippen molar-refractivity contribution >= 4 is 34.2 Å². The molecular formula is C37H35N5O5. The molecule has 1 aliphatic heterocycles. The highest BCUT2D eigenvalue weighted by molar-refractivity contribution is 6.10. The Morgan fingerprint density at radius 3 is 2.51 bits per heavy atom. The molecule has 10 nitrogen and oxygen atoms in total. The van der Waals surface area contributed by atoms with Crippen molar-refractivity contribution in [3.05, 3.63) is 124 Å². The van der Waals surface area contributed by atoms with E-state index in [2.05, 4.69) is 15.2 Å². The van der Waals surface area contributed by atoms with Crippen LogP contribution in [0.4, 0.5) is 11.6 Å². The van der Waals surface area contributed by atoms with Crippen LogP contribution in [-0.2, 0) is 11.2 Å². The van der Waals surface area contributed by atoms with Crippen molar-refractivity contribution in [2.75, 3.05) is 32.1 Å². The largest absolute Gasteiger partial charge is 0.473 e. The molecule has 5 aromatic rings. The lowest BCUT2D eigenvalue weighted by atomic mass is 9.69. The number of ketones is 2. The molecule has 0 amide bonds. The number of carbonyl (C=O) groups excluding carboxylic acids is 2. The third-order valence-corrected chi connectivity index (χ3v) is 9.18. The summed E-state index contributed by atoms with van der Waals surface area (Å²) in [5.74, 6) is 0.500. The van der Waals surface area contributed by atoms with E-state index in [1.54, 1.807) is 36.5 Å². The van der Waals surface area contributed by atoms with Crippen LogP contribution < -0.4 is 15.6 Å². The molecular weight excluding hydrogens is 594 g/mol. The fourth-order valence-electron chi connectivity index (χ4n) is 6.36. The van der Waals surface area contributed by atoms with Crippen LogP contribution in [0.1, 0.15) is 51.7 Å². The number of anilines is 2. The zero-order valence-electron chi connectivity index (χ0n) is 26.5. The van der Waals surface area contributed by atoms with Crippen LogP contribution >= 0.6 is 0 Å². The summed E-state index contributed by atoms with van der Waals surface area (Å²) < 4.78 is 13.2. The molecule has 2 unspecified atom stereocenters. The van der Waals surface area contributed by atoms with Crippen molar-refractivity contribution in [1.82, 2.24) is 19.4 Å². The van der Waals surface area contributed by atoms with Gasteiger partial charge in [-0.2, -0.15) is 4.98 Å². The molecule has 1 N–H and O–H groups in total. The Hall–Kier alpha value is -5.19. The maximum Gasteiger partial charge on any atom is 0.263 e. The monoisotopic (exact) mass is 629 g/mol. The van der Waals surface area contributed by atoms with Crippen LogP contribution in [0, 0.1) is 5.41 Å². The summed E-state index contributed by atoms with van der Waals surface area (Å²) in [6.45, 7) is 5.68. The van der Waals surface area contributed by atoms with Crippen molar-refractivity contribution in [3.63, 3.8) is 0 Å². The van der Waals surface area contributed by atoms with E-state index in [1.807, 2.05) is 75.5 Å². The highest BCUT2D eigenvalue weighted by atomic mass is 16.6. The molecule has 2 aliphatic rings. The molecule has 7 rings (SSSR count). The molecule has 10 heteroatoms. The second-order valence-corrected chi connectivity index (χ2v) is 12.6. The van der Waals surface area contributed by atoms with E-state index < -0.39 is 22.8 Å². The Bertz CT molecular complexity index is 2040. The van der Waals surface area contributed by atoms with Crippen LogP contribution in [0.25, 0.3) is 11.0 Å². The second-order valence-electron chi connectivity index (χ2n) is 12.6. The van der Waals surface area contributed by atoms with Crippen molar-refractivity contribution in [3.8, 4) is 5.75 Å². The van der Waals surface area contributed by atoms with Gasteiger partial charge in [-0.15, -0.1) is 0 Å². The third kappa shape index (κ3) is 5.70. The van der Waals surface area contributed by atoms with E-state index in [1.165, 1.54) is 4.57 Å². The first kappa shape index (κ1) is 30.5. The first-order chi connectivity index (χ1) is 22.7. The van der Waals surface area contributed by atoms with Crippen LogP contribution in [-0.4, -0.2) is 64.0 Å². The van der Waals surface area contributed by atoms with Gasteiger partial charge in [0.05, 0.1) is 24.8 Å². The predicted molar refractivity (Wildman–Crippen MR) is 179 cm³/mol. The fraction of sp³-hybridized carbons (Fsp3) is 0.270. The molecule has 0 bridgehead atoms. The molecule has 2 atom stereocenters. The number of nitrogens with one attached hydrogen (secondary N) is 1. The Morgan fingerprint density at radius 2 is 1.74 bits per heavy atom. The average molecular weight is 630 g/mol. The Morgan fingerprint density at radius 1 is 1.00 bits per heavy atom. The normalized spacial score (nSPS) is 19.3. The van der Waals surface area contributed by atoms with Gasteiger partial charge >= 0.3 is 0 Å². The van der Waals surface area contributed by atoms with E-state index in [9.17, 15) is 14.4 Å². The number of rotatable bonds is 7. The van der Waals surface area contributed by atoms with E-state index in [0.29, 0.717) is 47.5 Å². The molecule has 3 heterocycles. The Labute approximate surface area is 272 Å². The second kappa shape index (κ2) is 12.2. The molecule has 2 aromatic heterocycles. The third-order valence-electron chi connectivity index (χ3n) is 9.18. The van der Waals surface area contributed by atoms with Gasteiger partial charge in [0.2, 0.25) is 5.95 Å². The number of pyridine rings is 1. The summed E-state index contributed by atoms with van der Waals surface area (Å²) in [6.07, 6.45) is 1.86. The summed E-state index contributed by atoms with van der Waals surface area (Å²) in [7, 11) is 2.00. The number of nitrogens with zero attached hydrogens (tertiary/aromatic N) is 4. The first-order valence-electron chi connectivity index (χ1n) is 15.7. The van der Waals surface area contributed by atoms with E-state index in [0.717, 1.165) is 17.8 Å². The highest BCUT2D eigenvalue weighted by Crippen LogP contribution is 2.43. The molecule has 238 valence electrons. The topological polar surface area (TPSA) is 116 Å². The number of likely N-dealkylation sites (N-methyl/N-ethyl adjacent to an activating group) is 1. The van der Waals surface area contributed by atoms with Gasteiger partial charge in [0.15, 0.2) is 17.8 Å². The van der Waals surface area contributed by atoms with Gasteiger partial charge in [-0.25, -0.2) is 4.98 Å². The smallest absolute Gasteiger partial charge is 0.263 e. The van der Waals surface area contributed by atoms with Crippen LogP contribution in [0.5, 0.6) is 5.75 Å². The number of hydrogen-bond donors (Lipinski definition) is 1. The number of hydrogen-bond acceptors (Lipinski definition) is 9. The van der Waals surface area contributed by atoms with Crippen LogP contribution in [0.2, 0.25) is 0 Å². The first-order valence-corrected chi connectivity index (χ1v) is 15.7. The lowest BCUT2D eigenvalue weighted by Crippen LogP contribution is -2.46. The van der Waals surface area contributed by atoms with Gasteiger partial charge in [0.25, 0.3) is 5.56 Å². The number of fused-ring (bicyclic) bond motifs is 2. The molecule has 0 radical (unpaired) electrons. The molecule has 1 fully saturated rings. The summed E-state index contributed by atoms with van der Waals surface area (Å²) >= 11 is 0. The number of aromatic nitrogens is 3. The lowest BCUT2D eigenvalue weighted by molar-refractivity contribution is -0.0793. The van der Waals surface area contributed by atoms with E-state index >= 15 is 0 Å². The minimum absolute atomic E-state index is 0.000263. The molecule has 3 aromatic carbocycles. The van der Waals surface area contributed by atoms with Gasteiger partial charge in [0, 0.05) is 40.4 Å². The lowest BCUT2D eigenvalue weighted by Gasteiger charge is -2.39. The minimum atomic E-state index is -0.967. The molecule has 0 spiro atoms. The summed E-state index contributed by atoms with van der Waals surface area (Å²) in [4.78, 5) is 53.4. The maximum atomic E-state index is 14.4. The van der Waals surface area contributed by atoms with Crippen molar-refractivity contribution < 1.29 is 19.1 Å². The number of ether oxygens (including phenoxy) is 2. The zero-order valence-corrected chi connectivity index (χ0v) is 26.5. The number of carbonyl (C=O) groups is 2. The quantitative estimate of drug-likeness (QED) is 0.235. The summed E-state index contributed by atoms with van der Waals surface area (Å²) in [5, 5.41) is 3.74. The predicted octanol–water partition coefficient (Wildman–Crippen LogP) is 5.44. The van der Waals surface area contributed by atoms with Gasteiger partial charge < -0.3 is 14.8 Å². The van der Waals surface area contributed by atoms with Gasteiger partial charge in [-0.3, -0.25) is 23.9 Å². The highest BCUT2D eigenvalue weighted by Gasteiger charge is 2.44. The fourth-order valence-corrected chi connectivity index (χ4v) is 6.36. The average Bonchev–Trinajstić information content (AvgIpc) is 3.08. The van der Waals surface area contributed by atoms with Gasteiger partial charge in [-0.05, 0) is 49.4 Å². The summed E-state index contributed by atoms with van der Waals surface area (Å²) in [6, 6.07) is 24.6. The number of morpholine rings is 1. The molecule has 0 saturated carbocycles. The molecule has 1 saturated heterocycles. The molecule has 1 aliphatic carbocycles. The zero-order chi connectivity index (χ0) is 32.7. The Balaban J connectivity index is 1.29. The SMILES string of the molecule is CN1CCOCC1Oc1ccc(Nc2ncc3cc(C(=O)c4ccccc4)c(=O)n(C4Cc5ccccc5C(=O)C4(C)C)c3n2)cc1. The van der Waals surface area contributed by atoms with Crippen molar-refractivity contribution in [2.45, 2.75) is 32.5 Å². The van der Waals surface area contributed by atoms with Crippen molar-refractivity contribution in [2.24, 2.45) is 5.41 Å². The van der Waals surface area contributed by atoms with E-state index in [-0.39, 0.29) is 23.5 Å². The summed E-state index contributed by atoms with van der Waals surface area (Å²) in [5.41, 5.74) is 1.48.